The summed E-state index contributed by atoms with van der Waals surface area (Å²) in [5, 5.41) is 3.11. The smallest absolute Gasteiger partial charge is 0.140 e. The maximum Gasteiger partial charge on any atom is 0.140 e. The summed E-state index contributed by atoms with van der Waals surface area (Å²) < 4.78 is 2.08. The van der Waals surface area contributed by atoms with E-state index in [0.29, 0.717) is 0 Å². The normalized spacial score (nSPS) is 11.1. The van der Waals surface area contributed by atoms with E-state index in [1.165, 1.54) is 5.69 Å². The number of hydrogen-bond donors (Lipinski definition) is 1. The third-order valence-corrected chi connectivity index (χ3v) is 2.38. The van der Waals surface area contributed by atoms with Crippen molar-refractivity contribution < 1.29 is 0 Å². The molecule has 0 atom stereocenters. The standard InChI is InChI=1S/C10H14N4/c1-7-9(6-11-3)13-10-4-5-12-8(2)14(7)10/h4-5,11H,6H2,1-3H3. The Labute approximate surface area is 83.0 Å². The van der Waals surface area contributed by atoms with E-state index >= 15 is 0 Å². The number of hydrogen-bond acceptors (Lipinski definition) is 3. The predicted octanol–water partition coefficient (Wildman–Crippen LogP) is 1.07. The minimum Gasteiger partial charge on any atom is -0.314 e. The van der Waals surface area contributed by atoms with Crippen LogP contribution in [-0.4, -0.2) is 21.4 Å². The summed E-state index contributed by atoms with van der Waals surface area (Å²) >= 11 is 0. The molecule has 4 nitrogen and oxygen atoms in total. The molecule has 2 aromatic heterocycles. The molecule has 74 valence electrons. The molecule has 0 aliphatic rings. The van der Waals surface area contributed by atoms with Crippen molar-refractivity contribution in [3.8, 4) is 0 Å². The van der Waals surface area contributed by atoms with Crippen LogP contribution >= 0.6 is 0 Å². The summed E-state index contributed by atoms with van der Waals surface area (Å²) in [6, 6.07) is 1.93. The second-order valence-corrected chi connectivity index (χ2v) is 3.36. The highest BCUT2D eigenvalue weighted by molar-refractivity contribution is 5.42. The zero-order valence-electron chi connectivity index (χ0n) is 8.70. The highest BCUT2D eigenvalue weighted by Gasteiger charge is 2.08. The number of imidazole rings is 1. The molecular weight excluding hydrogens is 176 g/mol. The van der Waals surface area contributed by atoms with Gasteiger partial charge in [0.05, 0.1) is 5.69 Å². The highest BCUT2D eigenvalue weighted by Crippen LogP contribution is 2.12. The minimum absolute atomic E-state index is 0.799. The Morgan fingerprint density at radius 3 is 2.86 bits per heavy atom. The van der Waals surface area contributed by atoms with Crippen LogP contribution in [0.25, 0.3) is 5.65 Å². The van der Waals surface area contributed by atoms with Crippen LogP contribution in [0.15, 0.2) is 12.3 Å². The molecule has 0 saturated carbocycles. The number of fused-ring (bicyclic) bond motifs is 1. The van der Waals surface area contributed by atoms with Gasteiger partial charge < -0.3 is 5.32 Å². The Morgan fingerprint density at radius 1 is 1.43 bits per heavy atom. The van der Waals surface area contributed by atoms with Crippen molar-refractivity contribution >= 4 is 5.65 Å². The van der Waals surface area contributed by atoms with E-state index in [0.717, 1.165) is 23.7 Å². The zero-order valence-corrected chi connectivity index (χ0v) is 8.70. The summed E-state index contributed by atoms with van der Waals surface area (Å²) in [5.41, 5.74) is 3.23. The van der Waals surface area contributed by atoms with Crippen molar-refractivity contribution in [1.29, 1.82) is 0 Å². The lowest BCUT2D eigenvalue weighted by molar-refractivity contribution is 0.788. The Morgan fingerprint density at radius 2 is 2.21 bits per heavy atom. The first kappa shape index (κ1) is 9.15. The molecule has 0 radical (unpaired) electrons. The molecule has 0 bridgehead atoms. The zero-order chi connectivity index (χ0) is 10.1. The van der Waals surface area contributed by atoms with Gasteiger partial charge in [-0.3, -0.25) is 4.40 Å². The summed E-state index contributed by atoms with van der Waals surface area (Å²) in [7, 11) is 1.93. The van der Waals surface area contributed by atoms with Gasteiger partial charge in [0.25, 0.3) is 0 Å². The molecule has 0 unspecified atom stereocenters. The fourth-order valence-electron chi connectivity index (χ4n) is 1.69. The molecule has 14 heavy (non-hydrogen) atoms. The molecule has 0 aliphatic heterocycles. The predicted molar refractivity (Wildman–Crippen MR) is 55.2 cm³/mol. The van der Waals surface area contributed by atoms with E-state index in [1.807, 2.05) is 20.0 Å². The Bertz CT molecular complexity index is 458. The van der Waals surface area contributed by atoms with Gasteiger partial charge in [-0.1, -0.05) is 0 Å². The van der Waals surface area contributed by atoms with Crippen LogP contribution in [0, 0.1) is 13.8 Å². The Kier molecular flexibility index (Phi) is 2.21. The molecule has 4 heteroatoms. The van der Waals surface area contributed by atoms with E-state index in [1.54, 1.807) is 6.20 Å². The fraction of sp³-hybridized carbons (Fsp3) is 0.400. The number of nitrogens with zero attached hydrogens (tertiary/aromatic N) is 3. The average Bonchev–Trinajstić information content (AvgIpc) is 2.46. The van der Waals surface area contributed by atoms with Gasteiger partial charge in [-0.25, -0.2) is 9.97 Å². The number of aryl methyl sites for hydroxylation is 2. The summed E-state index contributed by atoms with van der Waals surface area (Å²) in [6.07, 6.45) is 1.79. The molecule has 0 aliphatic carbocycles. The lowest BCUT2D eigenvalue weighted by Gasteiger charge is -2.00. The van der Waals surface area contributed by atoms with Crippen LogP contribution in [0.4, 0.5) is 0 Å². The topological polar surface area (TPSA) is 42.2 Å². The van der Waals surface area contributed by atoms with Crippen LogP contribution in [0.5, 0.6) is 0 Å². The van der Waals surface area contributed by atoms with Crippen LogP contribution in [0.3, 0.4) is 0 Å². The van der Waals surface area contributed by atoms with E-state index in [4.69, 9.17) is 0 Å². The van der Waals surface area contributed by atoms with Crippen molar-refractivity contribution in [2.24, 2.45) is 0 Å². The van der Waals surface area contributed by atoms with Crippen LogP contribution in [0.1, 0.15) is 17.2 Å². The Hall–Kier alpha value is -1.42. The second-order valence-electron chi connectivity index (χ2n) is 3.36. The lowest BCUT2D eigenvalue weighted by atomic mass is 10.3. The molecule has 0 saturated heterocycles. The summed E-state index contributed by atoms with van der Waals surface area (Å²) in [5.74, 6) is 0.981. The largest absolute Gasteiger partial charge is 0.314 e. The summed E-state index contributed by atoms with van der Waals surface area (Å²) in [6.45, 7) is 4.86. The quantitative estimate of drug-likeness (QED) is 0.770. The van der Waals surface area contributed by atoms with Gasteiger partial charge in [0, 0.05) is 18.4 Å². The molecule has 0 aromatic carbocycles. The van der Waals surface area contributed by atoms with Gasteiger partial charge in [0.15, 0.2) is 0 Å². The van der Waals surface area contributed by atoms with Crippen LogP contribution in [-0.2, 0) is 6.54 Å². The molecule has 0 amide bonds. The molecule has 1 N–H and O–H groups in total. The van der Waals surface area contributed by atoms with Crippen molar-refractivity contribution in [2.75, 3.05) is 7.05 Å². The van der Waals surface area contributed by atoms with E-state index in [9.17, 15) is 0 Å². The van der Waals surface area contributed by atoms with Gasteiger partial charge in [0.1, 0.15) is 11.5 Å². The van der Waals surface area contributed by atoms with Crippen molar-refractivity contribution in [3.63, 3.8) is 0 Å². The highest BCUT2D eigenvalue weighted by atomic mass is 15.1. The van der Waals surface area contributed by atoms with Gasteiger partial charge in [-0.2, -0.15) is 0 Å². The number of rotatable bonds is 2. The third-order valence-electron chi connectivity index (χ3n) is 2.38. The maximum absolute atomic E-state index is 4.52. The molecule has 2 aromatic rings. The first-order chi connectivity index (χ1) is 6.74. The van der Waals surface area contributed by atoms with Gasteiger partial charge in [-0.15, -0.1) is 0 Å². The molecule has 0 fully saturated rings. The molecule has 0 spiro atoms. The van der Waals surface area contributed by atoms with Gasteiger partial charge in [-0.05, 0) is 27.0 Å². The van der Waals surface area contributed by atoms with Crippen molar-refractivity contribution in [1.82, 2.24) is 19.7 Å². The second kappa shape index (κ2) is 3.38. The van der Waals surface area contributed by atoms with E-state index in [2.05, 4.69) is 26.6 Å². The average molecular weight is 190 g/mol. The lowest BCUT2D eigenvalue weighted by Crippen LogP contribution is -2.07. The summed E-state index contributed by atoms with van der Waals surface area (Å²) in [4.78, 5) is 8.77. The first-order valence-corrected chi connectivity index (χ1v) is 4.68. The number of aromatic nitrogens is 3. The number of nitrogens with one attached hydrogen (secondary N) is 1. The van der Waals surface area contributed by atoms with E-state index in [-0.39, 0.29) is 0 Å². The SMILES string of the molecule is CNCc1nc2ccnc(C)n2c1C. The minimum atomic E-state index is 0.799. The first-order valence-electron chi connectivity index (χ1n) is 4.68. The Balaban J connectivity index is 2.68. The molecular formula is C10H14N4. The third kappa shape index (κ3) is 1.28. The van der Waals surface area contributed by atoms with Crippen LogP contribution < -0.4 is 5.32 Å². The van der Waals surface area contributed by atoms with Gasteiger partial charge in [0.2, 0.25) is 0 Å². The van der Waals surface area contributed by atoms with Crippen LogP contribution in [0.2, 0.25) is 0 Å². The molecule has 2 heterocycles. The monoisotopic (exact) mass is 190 g/mol. The van der Waals surface area contributed by atoms with Gasteiger partial charge >= 0.3 is 0 Å². The molecule has 2 rings (SSSR count). The van der Waals surface area contributed by atoms with Crippen molar-refractivity contribution in [2.45, 2.75) is 20.4 Å². The maximum atomic E-state index is 4.52. The van der Waals surface area contributed by atoms with Crippen molar-refractivity contribution in [3.05, 3.63) is 29.5 Å². The fourth-order valence-corrected chi connectivity index (χ4v) is 1.69. The van der Waals surface area contributed by atoms with E-state index < -0.39 is 0 Å².